The van der Waals surface area contributed by atoms with Crippen molar-refractivity contribution < 1.29 is 9.53 Å². The maximum Gasteiger partial charge on any atom is 0.224 e. The van der Waals surface area contributed by atoms with Crippen LogP contribution in [0, 0.1) is 6.92 Å². The molecule has 0 spiro atoms. The van der Waals surface area contributed by atoms with Gasteiger partial charge in [0.25, 0.3) is 0 Å². The molecule has 0 aliphatic heterocycles. The van der Waals surface area contributed by atoms with Crippen LogP contribution in [0.5, 0.6) is 5.75 Å². The van der Waals surface area contributed by atoms with Crippen LogP contribution in [0.2, 0.25) is 0 Å². The number of carbonyl (C=O) groups is 1. The van der Waals surface area contributed by atoms with Gasteiger partial charge in [0, 0.05) is 18.3 Å². The van der Waals surface area contributed by atoms with Crippen LogP contribution in [-0.2, 0) is 17.8 Å². The molecule has 0 radical (unpaired) electrons. The number of rotatable bonds is 7. The van der Waals surface area contributed by atoms with Crippen LogP contribution < -0.4 is 10.1 Å². The molecule has 0 aliphatic carbocycles. The summed E-state index contributed by atoms with van der Waals surface area (Å²) in [5, 5.41) is 2.96. The fraction of sp³-hybridized carbons (Fsp3) is 0.217. The summed E-state index contributed by atoms with van der Waals surface area (Å²) in [7, 11) is 0. The third kappa shape index (κ3) is 5.42. The first-order valence-electron chi connectivity index (χ1n) is 9.14. The summed E-state index contributed by atoms with van der Waals surface area (Å²) in [6, 6.07) is 19.9. The highest BCUT2D eigenvalue weighted by molar-refractivity contribution is 5.78. The molecule has 0 bridgehead atoms. The SMILES string of the molecule is CCOc1cccc(-c2ccc(CC(=O)NCc3cccc(C)c3)cn2)c1. The fourth-order valence-corrected chi connectivity index (χ4v) is 2.88. The van der Waals surface area contributed by atoms with Gasteiger partial charge < -0.3 is 10.1 Å². The van der Waals surface area contributed by atoms with E-state index in [1.54, 1.807) is 6.20 Å². The van der Waals surface area contributed by atoms with Gasteiger partial charge >= 0.3 is 0 Å². The van der Waals surface area contributed by atoms with Gasteiger partial charge in [-0.25, -0.2) is 0 Å². The number of ether oxygens (including phenoxy) is 1. The minimum Gasteiger partial charge on any atom is -0.494 e. The Bertz CT molecular complexity index is 904. The molecule has 4 nitrogen and oxygen atoms in total. The van der Waals surface area contributed by atoms with E-state index in [0.29, 0.717) is 19.6 Å². The van der Waals surface area contributed by atoms with Crippen LogP contribution in [0.1, 0.15) is 23.6 Å². The monoisotopic (exact) mass is 360 g/mol. The van der Waals surface area contributed by atoms with Crippen molar-refractivity contribution in [1.29, 1.82) is 0 Å². The number of benzene rings is 2. The lowest BCUT2D eigenvalue weighted by Crippen LogP contribution is -2.24. The third-order valence-corrected chi connectivity index (χ3v) is 4.20. The predicted octanol–water partition coefficient (Wildman–Crippen LogP) is 4.31. The van der Waals surface area contributed by atoms with Crippen molar-refractivity contribution in [2.45, 2.75) is 26.8 Å². The number of hydrogen-bond donors (Lipinski definition) is 1. The average molecular weight is 360 g/mol. The zero-order valence-electron chi connectivity index (χ0n) is 15.7. The molecule has 0 saturated heterocycles. The Morgan fingerprint density at radius 1 is 1.04 bits per heavy atom. The number of carbonyl (C=O) groups excluding carboxylic acids is 1. The Morgan fingerprint density at radius 3 is 2.63 bits per heavy atom. The van der Waals surface area contributed by atoms with Crippen molar-refractivity contribution in [3.8, 4) is 17.0 Å². The summed E-state index contributed by atoms with van der Waals surface area (Å²) in [6.45, 7) is 5.18. The molecular formula is C23H24N2O2. The van der Waals surface area contributed by atoms with Gasteiger partial charge in [0.1, 0.15) is 5.75 Å². The largest absolute Gasteiger partial charge is 0.494 e. The van der Waals surface area contributed by atoms with E-state index in [2.05, 4.69) is 16.4 Å². The number of nitrogens with zero attached hydrogens (tertiary/aromatic N) is 1. The second kappa shape index (κ2) is 8.99. The zero-order valence-corrected chi connectivity index (χ0v) is 15.7. The van der Waals surface area contributed by atoms with Crippen LogP contribution in [0.15, 0.2) is 66.9 Å². The summed E-state index contributed by atoms with van der Waals surface area (Å²) >= 11 is 0. The van der Waals surface area contributed by atoms with Crippen molar-refractivity contribution in [3.63, 3.8) is 0 Å². The Kier molecular flexibility index (Phi) is 6.21. The quantitative estimate of drug-likeness (QED) is 0.683. The molecule has 0 saturated carbocycles. The number of aromatic nitrogens is 1. The molecule has 1 aromatic heterocycles. The van der Waals surface area contributed by atoms with Gasteiger partial charge in [0.15, 0.2) is 0 Å². The van der Waals surface area contributed by atoms with E-state index in [9.17, 15) is 4.79 Å². The van der Waals surface area contributed by atoms with Gasteiger partial charge in [-0.3, -0.25) is 9.78 Å². The van der Waals surface area contributed by atoms with Crippen LogP contribution in [0.25, 0.3) is 11.3 Å². The Morgan fingerprint density at radius 2 is 1.89 bits per heavy atom. The van der Waals surface area contributed by atoms with E-state index in [1.807, 2.05) is 68.4 Å². The highest BCUT2D eigenvalue weighted by Gasteiger charge is 2.06. The van der Waals surface area contributed by atoms with Crippen LogP contribution in [-0.4, -0.2) is 17.5 Å². The summed E-state index contributed by atoms with van der Waals surface area (Å²) in [5.74, 6) is 0.820. The molecule has 1 heterocycles. The Labute approximate surface area is 160 Å². The van der Waals surface area contributed by atoms with Gasteiger partial charge in [-0.1, -0.05) is 48.0 Å². The number of nitrogens with one attached hydrogen (secondary N) is 1. The second-order valence-corrected chi connectivity index (χ2v) is 6.46. The van der Waals surface area contributed by atoms with Gasteiger partial charge in [-0.2, -0.15) is 0 Å². The maximum absolute atomic E-state index is 12.2. The first-order valence-corrected chi connectivity index (χ1v) is 9.14. The standard InChI is InChI=1S/C23H24N2O2/c1-3-27-21-9-5-8-20(14-21)22-11-10-19(15-24-22)13-23(26)25-16-18-7-4-6-17(2)12-18/h4-12,14-15H,3,13,16H2,1-2H3,(H,25,26). The molecule has 138 valence electrons. The molecule has 1 amide bonds. The highest BCUT2D eigenvalue weighted by Crippen LogP contribution is 2.22. The normalized spacial score (nSPS) is 10.4. The molecule has 1 N–H and O–H groups in total. The molecule has 4 heteroatoms. The lowest BCUT2D eigenvalue weighted by atomic mass is 10.1. The first-order chi connectivity index (χ1) is 13.1. The molecule has 0 unspecified atom stereocenters. The van der Waals surface area contributed by atoms with Crippen molar-refractivity contribution >= 4 is 5.91 Å². The maximum atomic E-state index is 12.2. The first kappa shape index (κ1) is 18.6. The highest BCUT2D eigenvalue weighted by atomic mass is 16.5. The summed E-state index contributed by atoms with van der Waals surface area (Å²) in [4.78, 5) is 16.7. The van der Waals surface area contributed by atoms with Gasteiger partial charge in [0.05, 0.1) is 18.7 Å². The molecular weight excluding hydrogens is 336 g/mol. The van der Waals surface area contributed by atoms with Crippen LogP contribution in [0.4, 0.5) is 0 Å². The minimum atomic E-state index is -0.00982. The third-order valence-electron chi connectivity index (χ3n) is 4.20. The topological polar surface area (TPSA) is 51.2 Å². The Balaban J connectivity index is 1.58. The average Bonchev–Trinajstić information content (AvgIpc) is 2.68. The lowest BCUT2D eigenvalue weighted by molar-refractivity contribution is -0.120. The second-order valence-electron chi connectivity index (χ2n) is 6.46. The van der Waals surface area contributed by atoms with E-state index in [-0.39, 0.29) is 5.91 Å². The molecule has 0 atom stereocenters. The van der Waals surface area contributed by atoms with Crippen molar-refractivity contribution in [2.24, 2.45) is 0 Å². The number of hydrogen-bond acceptors (Lipinski definition) is 3. The molecule has 3 rings (SSSR count). The van der Waals surface area contributed by atoms with Crippen molar-refractivity contribution in [2.75, 3.05) is 6.61 Å². The number of amides is 1. The van der Waals surface area contributed by atoms with Gasteiger partial charge in [-0.15, -0.1) is 0 Å². The lowest BCUT2D eigenvalue weighted by Gasteiger charge is -2.08. The van der Waals surface area contributed by atoms with E-state index in [4.69, 9.17) is 4.74 Å². The van der Waals surface area contributed by atoms with E-state index >= 15 is 0 Å². The van der Waals surface area contributed by atoms with E-state index in [1.165, 1.54) is 5.56 Å². The Hall–Kier alpha value is -3.14. The summed E-state index contributed by atoms with van der Waals surface area (Å²) in [6.07, 6.45) is 2.08. The zero-order chi connectivity index (χ0) is 19.1. The van der Waals surface area contributed by atoms with Gasteiger partial charge in [-0.05, 0) is 43.2 Å². The van der Waals surface area contributed by atoms with Gasteiger partial charge in [0.2, 0.25) is 5.91 Å². The molecule has 27 heavy (non-hydrogen) atoms. The number of aryl methyl sites for hydroxylation is 1. The molecule has 0 fully saturated rings. The molecule has 2 aromatic carbocycles. The smallest absolute Gasteiger partial charge is 0.224 e. The number of pyridine rings is 1. The molecule has 3 aromatic rings. The van der Waals surface area contributed by atoms with E-state index < -0.39 is 0 Å². The van der Waals surface area contributed by atoms with Crippen molar-refractivity contribution in [3.05, 3.63) is 83.6 Å². The van der Waals surface area contributed by atoms with E-state index in [0.717, 1.165) is 28.1 Å². The van der Waals surface area contributed by atoms with Crippen molar-refractivity contribution in [1.82, 2.24) is 10.3 Å². The summed E-state index contributed by atoms with van der Waals surface area (Å²) < 4.78 is 5.53. The summed E-state index contributed by atoms with van der Waals surface area (Å²) in [5.41, 5.74) is 5.04. The predicted molar refractivity (Wildman–Crippen MR) is 108 cm³/mol. The van der Waals surface area contributed by atoms with Crippen LogP contribution in [0.3, 0.4) is 0 Å². The van der Waals surface area contributed by atoms with Crippen LogP contribution >= 0.6 is 0 Å². The molecule has 0 aliphatic rings. The minimum absolute atomic E-state index is 0.00982. The fourth-order valence-electron chi connectivity index (χ4n) is 2.88.